The zero-order valence-electron chi connectivity index (χ0n) is 19.5. The summed E-state index contributed by atoms with van der Waals surface area (Å²) in [5, 5.41) is 5.11. The van der Waals surface area contributed by atoms with Crippen molar-refractivity contribution in [3.63, 3.8) is 0 Å². The Morgan fingerprint density at radius 1 is 1.12 bits per heavy atom. The number of aromatic nitrogens is 2. The fourth-order valence-corrected chi connectivity index (χ4v) is 5.94. The van der Waals surface area contributed by atoms with Crippen LogP contribution in [0.25, 0.3) is 11.4 Å². The molecule has 0 radical (unpaired) electrons. The van der Waals surface area contributed by atoms with Gasteiger partial charge in [0.25, 0.3) is 5.91 Å². The molecule has 1 saturated carbocycles. The molecule has 0 saturated heterocycles. The monoisotopic (exact) mass is 473 g/mol. The molecule has 1 aliphatic heterocycles. The lowest BCUT2D eigenvalue weighted by atomic mass is 9.86. The van der Waals surface area contributed by atoms with Crippen LogP contribution in [-0.2, 0) is 27.9 Å². The summed E-state index contributed by atoms with van der Waals surface area (Å²) in [5.41, 5.74) is 1.02. The standard InChI is InChI=1S/C23H31N5O4S/c1-23(2,3)19(22(30)24-4)26-21(29)18-17-14-27(33(31,32)16-10-11-16)12-13-28(17)20(25-18)15-8-6-5-7-9-15/h5-9,16,19H,10-14H2,1-4H3,(H,24,30)(H,26,29). The number of hydrogen-bond donors (Lipinski definition) is 2. The van der Waals surface area contributed by atoms with Crippen LogP contribution >= 0.6 is 0 Å². The zero-order chi connectivity index (χ0) is 24.0. The van der Waals surface area contributed by atoms with Gasteiger partial charge in [-0.2, -0.15) is 4.31 Å². The third-order valence-corrected chi connectivity index (χ3v) is 8.52. The highest BCUT2D eigenvalue weighted by Crippen LogP contribution is 2.34. The van der Waals surface area contributed by atoms with Crippen LogP contribution in [0.1, 0.15) is 49.8 Å². The van der Waals surface area contributed by atoms with E-state index in [9.17, 15) is 18.0 Å². The summed E-state index contributed by atoms with van der Waals surface area (Å²) in [6.07, 6.45) is 1.36. The maximum atomic E-state index is 13.4. The van der Waals surface area contributed by atoms with E-state index in [4.69, 9.17) is 0 Å². The number of sulfonamides is 1. The lowest BCUT2D eigenvalue weighted by Gasteiger charge is -2.30. The van der Waals surface area contributed by atoms with Crippen LogP contribution in [-0.4, -0.2) is 59.0 Å². The van der Waals surface area contributed by atoms with E-state index in [1.54, 1.807) is 0 Å². The minimum Gasteiger partial charge on any atom is -0.357 e. The second-order valence-corrected chi connectivity index (χ2v) is 11.9. The van der Waals surface area contributed by atoms with Gasteiger partial charge in [-0.15, -0.1) is 0 Å². The van der Waals surface area contributed by atoms with E-state index in [1.165, 1.54) is 11.4 Å². The number of benzene rings is 1. The van der Waals surface area contributed by atoms with Crippen LogP contribution in [0.2, 0.25) is 0 Å². The molecule has 0 spiro atoms. The lowest BCUT2D eigenvalue weighted by Crippen LogP contribution is -2.53. The first-order valence-electron chi connectivity index (χ1n) is 11.2. The molecule has 2 heterocycles. The normalized spacial score (nSPS) is 17.8. The molecule has 2 aromatic rings. The highest BCUT2D eigenvalue weighted by molar-refractivity contribution is 7.90. The van der Waals surface area contributed by atoms with Crippen molar-refractivity contribution >= 4 is 21.8 Å². The first-order valence-corrected chi connectivity index (χ1v) is 12.7. The Kier molecular flexibility index (Phi) is 6.09. The van der Waals surface area contributed by atoms with E-state index >= 15 is 0 Å². The predicted octanol–water partition coefficient (Wildman–Crippen LogP) is 1.75. The number of rotatable bonds is 6. The van der Waals surface area contributed by atoms with Crippen LogP contribution in [0.4, 0.5) is 0 Å². The van der Waals surface area contributed by atoms with Gasteiger partial charge < -0.3 is 15.2 Å². The second-order valence-electron chi connectivity index (χ2n) is 9.71. The minimum atomic E-state index is -3.40. The molecule has 1 aliphatic carbocycles. The molecule has 1 fully saturated rings. The average molecular weight is 474 g/mol. The van der Waals surface area contributed by atoms with Gasteiger partial charge in [0.1, 0.15) is 11.9 Å². The van der Waals surface area contributed by atoms with Crippen LogP contribution in [0.15, 0.2) is 30.3 Å². The van der Waals surface area contributed by atoms with E-state index in [1.807, 2.05) is 55.7 Å². The maximum Gasteiger partial charge on any atom is 0.272 e. The van der Waals surface area contributed by atoms with Gasteiger partial charge >= 0.3 is 0 Å². The van der Waals surface area contributed by atoms with Crippen molar-refractivity contribution in [3.8, 4) is 11.4 Å². The molecule has 1 unspecified atom stereocenters. The molecule has 2 amide bonds. The number of carbonyl (C=O) groups excluding carboxylic acids is 2. The number of amides is 2. The molecule has 2 aliphatic rings. The van der Waals surface area contributed by atoms with Crippen molar-refractivity contribution in [2.24, 2.45) is 5.41 Å². The van der Waals surface area contributed by atoms with Gasteiger partial charge in [-0.1, -0.05) is 51.1 Å². The first kappa shape index (κ1) is 23.4. The molecule has 4 rings (SSSR count). The second kappa shape index (κ2) is 8.57. The fraction of sp³-hybridized carbons (Fsp3) is 0.522. The topological polar surface area (TPSA) is 113 Å². The minimum absolute atomic E-state index is 0.0849. The Morgan fingerprint density at radius 2 is 1.79 bits per heavy atom. The summed E-state index contributed by atoms with van der Waals surface area (Å²) in [7, 11) is -1.87. The Hall–Kier alpha value is -2.72. The van der Waals surface area contributed by atoms with Gasteiger partial charge in [0.2, 0.25) is 15.9 Å². The molecular weight excluding hydrogens is 442 g/mol. The van der Waals surface area contributed by atoms with Crippen molar-refractivity contribution in [3.05, 3.63) is 41.7 Å². The summed E-state index contributed by atoms with van der Waals surface area (Å²) in [4.78, 5) is 30.5. The highest BCUT2D eigenvalue weighted by atomic mass is 32.2. The Morgan fingerprint density at radius 3 is 2.36 bits per heavy atom. The number of fused-ring (bicyclic) bond motifs is 1. The highest BCUT2D eigenvalue weighted by Gasteiger charge is 2.43. The number of nitrogens with zero attached hydrogens (tertiary/aromatic N) is 3. The summed E-state index contributed by atoms with van der Waals surface area (Å²) < 4.78 is 29.2. The van der Waals surface area contributed by atoms with Crippen LogP contribution in [0.3, 0.4) is 0 Å². The molecule has 178 valence electrons. The first-order chi connectivity index (χ1) is 15.5. The number of imidazole rings is 1. The third-order valence-electron chi connectivity index (χ3n) is 6.17. The van der Waals surface area contributed by atoms with Gasteiger partial charge in [-0.3, -0.25) is 9.59 Å². The van der Waals surface area contributed by atoms with Crippen LogP contribution in [0, 0.1) is 5.41 Å². The average Bonchev–Trinajstić information content (AvgIpc) is 3.58. The quantitative estimate of drug-likeness (QED) is 0.664. The molecule has 2 N–H and O–H groups in total. The summed E-state index contributed by atoms with van der Waals surface area (Å²) in [6, 6.07) is 8.73. The van der Waals surface area contributed by atoms with Crippen LogP contribution < -0.4 is 10.6 Å². The van der Waals surface area contributed by atoms with E-state index in [-0.39, 0.29) is 23.4 Å². The maximum absolute atomic E-state index is 13.4. The fourth-order valence-electron chi connectivity index (χ4n) is 4.15. The molecule has 0 bridgehead atoms. The van der Waals surface area contributed by atoms with Gasteiger partial charge in [0, 0.05) is 25.7 Å². The molecular formula is C23H31N5O4S. The number of carbonyl (C=O) groups is 2. The smallest absolute Gasteiger partial charge is 0.272 e. The van der Waals surface area contributed by atoms with Crippen LogP contribution in [0.5, 0.6) is 0 Å². The van der Waals surface area contributed by atoms with Gasteiger partial charge in [-0.05, 0) is 18.3 Å². The predicted molar refractivity (Wildman–Crippen MR) is 125 cm³/mol. The molecule has 9 nitrogen and oxygen atoms in total. The zero-order valence-corrected chi connectivity index (χ0v) is 20.3. The molecule has 1 aromatic heterocycles. The number of likely N-dealkylation sites (N-methyl/N-ethyl adjacent to an activating group) is 1. The van der Waals surface area contributed by atoms with E-state index in [0.717, 1.165) is 5.56 Å². The largest absolute Gasteiger partial charge is 0.357 e. The molecule has 1 aromatic carbocycles. The molecule has 33 heavy (non-hydrogen) atoms. The van der Waals surface area contributed by atoms with Crippen molar-refractivity contribution in [2.45, 2.75) is 58.0 Å². The van der Waals surface area contributed by atoms with Crippen molar-refractivity contribution < 1.29 is 18.0 Å². The van der Waals surface area contributed by atoms with Gasteiger partial charge in [-0.25, -0.2) is 13.4 Å². The van der Waals surface area contributed by atoms with Gasteiger partial charge in [0.05, 0.1) is 17.5 Å². The summed E-state index contributed by atoms with van der Waals surface area (Å²) in [5.74, 6) is -0.174. The SMILES string of the molecule is CNC(=O)C(NC(=O)c1nc(-c2ccccc2)n2c1CN(S(=O)(=O)C1CC1)CC2)C(C)(C)C. The Labute approximate surface area is 194 Å². The van der Waals surface area contributed by atoms with Gasteiger partial charge in [0.15, 0.2) is 5.69 Å². The van der Waals surface area contributed by atoms with Crippen molar-refractivity contribution in [1.82, 2.24) is 24.5 Å². The Bertz CT molecular complexity index is 1160. The van der Waals surface area contributed by atoms with Crippen molar-refractivity contribution in [2.75, 3.05) is 13.6 Å². The number of hydrogen-bond acceptors (Lipinski definition) is 5. The summed E-state index contributed by atoms with van der Waals surface area (Å²) >= 11 is 0. The van der Waals surface area contributed by atoms with E-state index in [2.05, 4.69) is 15.6 Å². The van der Waals surface area contributed by atoms with E-state index < -0.39 is 27.4 Å². The summed E-state index contributed by atoms with van der Waals surface area (Å²) in [6.45, 7) is 6.44. The third kappa shape index (κ3) is 4.54. The van der Waals surface area contributed by atoms with E-state index in [0.29, 0.717) is 37.4 Å². The van der Waals surface area contributed by atoms with Crippen molar-refractivity contribution in [1.29, 1.82) is 0 Å². The Balaban J connectivity index is 1.74. The number of nitrogens with one attached hydrogen (secondary N) is 2. The lowest BCUT2D eigenvalue weighted by molar-refractivity contribution is -0.124. The molecule has 10 heteroatoms. The molecule has 1 atom stereocenters.